The molecule has 0 bridgehead atoms. The Morgan fingerprint density at radius 2 is 1.18 bits per heavy atom. The molecule has 28 heavy (non-hydrogen) atoms. The molecule has 0 fully saturated rings. The Kier molecular flexibility index (Phi) is 4.25. The van der Waals surface area contributed by atoms with Crippen LogP contribution in [0.3, 0.4) is 0 Å². The van der Waals surface area contributed by atoms with Crippen molar-refractivity contribution in [2.45, 2.75) is 19.8 Å². The maximum absolute atomic E-state index is 6.70. The summed E-state index contributed by atoms with van der Waals surface area (Å²) in [4.78, 5) is 0. The van der Waals surface area contributed by atoms with Crippen molar-refractivity contribution in [3.05, 3.63) is 72.8 Å². The van der Waals surface area contributed by atoms with Crippen LogP contribution in [-0.4, -0.2) is 12.8 Å². The standard InChI is InChI=1S/C25H25O2P/c1-3-4-17-28(2)26-22-15-13-18-9-5-7-11-20(18)24(22)25-21-12-8-6-10-19(21)14-16-23(25)27-28/h5-16,28H,3-4,17H2,1-2H3. The quantitative estimate of drug-likeness (QED) is 0.340. The van der Waals surface area contributed by atoms with E-state index >= 15 is 0 Å². The van der Waals surface area contributed by atoms with Crippen LogP contribution in [0.15, 0.2) is 72.8 Å². The summed E-state index contributed by atoms with van der Waals surface area (Å²) in [6, 6.07) is 25.7. The first-order chi connectivity index (χ1) is 13.7. The number of rotatable bonds is 3. The van der Waals surface area contributed by atoms with Crippen LogP contribution < -0.4 is 9.05 Å². The van der Waals surface area contributed by atoms with Crippen molar-refractivity contribution in [3.8, 4) is 22.6 Å². The second kappa shape index (κ2) is 6.79. The van der Waals surface area contributed by atoms with Crippen LogP contribution in [0.2, 0.25) is 0 Å². The summed E-state index contributed by atoms with van der Waals surface area (Å²) in [5.74, 6) is 1.91. The second-order valence-electron chi connectivity index (χ2n) is 7.76. The summed E-state index contributed by atoms with van der Waals surface area (Å²) in [6.07, 6.45) is 3.25. The molecule has 0 saturated carbocycles. The van der Waals surface area contributed by atoms with Gasteiger partial charge in [0, 0.05) is 0 Å². The zero-order valence-corrected chi connectivity index (χ0v) is 17.4. The molecule has 4 aromatic carbocycles. The van der Waals surface area contributed by atoms with Crippen LogP contribution in [-0.2, 0) is 0 Å². The van der Waals surface area contributed by atoms with Gasteiger partial charge in [0.1, 0.15) is 0 Å². The Labute approximate surface area is 166 Å². The first-order valence-electron chi connectivity index (χ1n) is 10.1. The number of hydrogen-bond acceptors (Lipinski definition) is 2. The first kappa shape index (κ1) is 17.5. The molecule has 1 aliphatic rings. The average molecular weight is 388 g/mol. The molecule has 0 atom stereocenters. The Balaban J connectivity index is 1.87. The van der Waals surface area contributed by atoms with Gasteiger partial charge in [0.15, 0.2) is 0 Å². The third-order valence-electron chi connectivity index (χ3n) is 5.67. The zero-order valence-electron chi connectivity index (χ0n) is 16.4. The number of benzene rings is 4. The third kappa shape index (κ3) is 2.84. The fourth-order valence-electron chi connectivity index (χ4n) is 4.27. The van der Waals surface area contributed by atoms with Crippen molar-refractivity contribution < 1.29 is 9.05 Å². The molecule has 3 heteroatoms. The van der Waals surface area contributed by atoms with Crippen LogP contribution in [0, 0.1) is 0 Å². The van der Waals surface area contributed by atoms with E-state index in [1.54, 1.807) is 0 Å². The van der Waals surface area contributed by atoms with Gasteiger partial charge in [-0.1, -0.05) is 0 Å². The van der Waals surface area contributed by atoms with Crippen molar-refractivity contribution in [2.24, 2.45) is 0 Å². The summed E-state index contributed by atoms with van der Waals surface area (Å²) in [5, 5.41) is 4.88. The Hall–Kier alpha value is -2.57. The van der Waals surface area contributed by atoms with Gasteiger partial charge in [0.2, 0.25) is 0 Å². The van der Waals surface area contributed by atoms with Gasteiger partial charge in [-0.3, -0.25) is 0 Å². The molecule has 0 aliphatic carbocycles. The fourth-order valence-corrected chi connectivity index (χ4v) is 6.79. The fraction of sp³-hybridized carbons (Fsp3) is 0.200. The van der Waals surface area contributed by atoms with Gasteiger partial charge in [0.05, 0.1) is 0 Å². The average Bonchev–Trinajstić information content (AvgIpc) is 2.86. The Morgan fingerprint density at radius 3 is 1.68 bits per heavy atom. The monoisotopic (exact) mass is 388 g/mol. The normalized spacial score (nSPS) is 15.8. The topological polar surface area (TPSA) is 18.5 Å². The molecule has 1 heterocycles. The van der Waals surface area contributed by atoms with Crippen molar-refractivity contribution in [3.63, 3.8) is 0 Å². The van der Waals surface area contributed by atoms with Gasteiger partial charge < -0.3 is 0 Å². The molecular weight excluding hydrogens is 363 g/mol. The van der Waals surface area contributed by atoms with Crippen LogP contribution in [0.4, 0.5) is 0 Å². The number of unbranched alkanes of at least 4 members (excludes halogenated alkanes) is 1. The van der Waals surface area contributed by atoms with Gasteiger partial charge in [0.25, 0.3) is 0 Å². The van der Waals surface area contributed by atoms with Gasteiger partial charge >= 0.3 is 166 Å². The zero-order chi connectivity index (χ0) is 19.1. The van der Waals surface area contributed by atoms with E-state index in [9.17, 15) is 0 Å². The van der Waals surface area contributed by atoms with Crippen molar-refractivity contribution in [1.82, 2.24) is 0 Å². The number of hydrogen-bond donors (Lipinski definition) is 0. The van der Waals surface area contributed by atoms with E-state index in [0.29, 0.717) is 0 Å². The van der Waals surface area contributed by atoms with Gasteiger partial charge in [-0.2, -0.15) is 0 Å². The molecule has 2 nitrogen and oxygen atoms in total. The first-order valence-corrected chi connectivity index (χ1v) is 12.6. The maximum atomic E-state index is 6.70. The van der Waals surface area contributed by atoms with Crippen LogP contribution >= 0.6 is 7.72 Å². The van der Waals surface area contributed by atoms with Crippen molar-refractivity contribution in [1.29, 1.82) is 0 Å². The molecule has 0 spiro atoms. The molecule has 1 aliphatic heterocycles. The molecule has 0 amide bonds. The van der Waals surface area contributed by atoms with E-state index in [4.69, 9.17) is 9.05 Å². The summed E-state index contributed by atoms with van der Waals surface area (Å²) in [6.45, 7) is 4.42. The minimum atomic E-state index is -2.39. The SMILES string of the molecule is CCCC[PH]1(C)Oc2ccc3ccccc3c2-c2c(ccc3ccccc23)O1. The van der Waals surface area contributed by atoms with E-state index in [2.05, 4.69) is 86.4 Å². The molecule has 0 radical (unpaired) electrons. The summed E-state index contributed by atoms with van der Waals surface area (Å²) >= 11 is 0. The predicted molar refractivity (Wildman–Crippen MR) is 122 cm³/mol. The molecule has 0 N–H and O–H groups in total. The summed E-state index contributed by atoms with van der Waals surface area (Å²) in [5.41, 5.74) is 2.33. The van der Waals surface area contributed by atoms with Crippen LogP contribution in [0.1, 0.15) is 19.8 Å². The van der Waals surface area contributed by atoms with E-state index in [1.807, 2.05) is 0 Å². The van der Waals surface area contributed by atoms with E-state index in [0.717, 1.165) is 41.6 Å². The van der Waals surface area contributed by atoms with Gasteiger partial charge in [-0.15, -0.1) is 0 Å². The van der Waals surface area contributed by atoms with Gasteiger partial charge in [-0.05, 0) is 0 Å². The van der Waals surface area contributed by atoms with E-state index in [-0.39, 0.29) is 0 Å². The van der Waals surface area contributed by atoms with Crippen molar-refractivity contribution >= 4 is 29.3 Å². The van der Waals surface area contributed by atoms with E-state index in [1.165, 1.54) is 21.5 Å². The molecular formula is C25H25O2P. The molecule has 0 aromatic heterocycles. The minimum absolute atomic E-state index is 0.957. The summed E-state index contributed by atoms with van der Waals surface area (Å²) in [7, 11) is -2.39. The molecule has 0 unspecified atom stereocenters. The van der Waals surface area contributed by atoms with Crippen LogP contribution in [0.5, 0.6) is 11.5 Å². The number of fused-ring (bicyclic) bond motifs is 7. The molecule has 0 saturated heterocycles. The molecule has 142 valence electrons. The van der Waals surface area contributed by atoms with E-state index < -0.39 is 7.72 Å². The van der Waals surface area contributed by atoms with Crippen LogP contribution in [0.25, 0.3) is 32.7 Å². The predicted octanol–water partition coefficient (Wildman–Crippen LogP) is 7.44. The third-order valence-corrected chi connectivity index (χ3v) is 8.23. The molecule has 4 aromatic rings. The van der Waals surface area contributed by atoms with Crippen molar-refractivity contribution in [2.75, 3.05) is 12.8 Å². The summed E-state index contributed by atoms with van der Waals surface area (Å²) < 4.78 is 13.4. The Bertz CT molecular complexity index is 1090. The Morgan fingerprint density at radius 1 is 0.679 bits per heavy atom. The van der Waals surface area contributed by atoms with Gasteiger partial charge in [-0.25, -0.2) is 0 Å². The molecule has 5 rings (SSSR count). The second-order valence-corrected chi connectivity index (χ2v) is 10.9.